The van der Waals surface area contributed by atoms with E-state index in [0.29, 0.717) is 13.1 Å². The van der Waals surface area contributed by atoms with Gasteiger partial charge in [-0.25, -0.2) is 8.78 Å². The second-order valence-electron chi connectivity index (χ2n) is 5.27. The number of carbonyl (C=O) groups is 1. The van der Waals surface area contributed by atoms with Gasteiger partial charge in [0, 0.05) is 19.5 Å². The zero-order valence-electron chi connectivity index (χ0n) is 10.9. The number of carbonyl (C=O) groups excluding carboxylic acids is 1. The summed E-state index contributed by atoms with van der Waals surface area (Å²) in [7, 11) is 0. The largest absolute Gasteiger partial charge is 0.337 e. The molecule has 2 aliphatic heterocycles. The fraction of sp³-hybridized carbons (Fsp3) is 0.500. The first-order valence-electron chi connectivity index (χ1n) is 6.52. The topological polar surface area (TPSA) is 32.3 Å². The number of fused-ring (bicyclic) bond motifs is 1. The number of benzene rings is 1. The molecule has 20 heavy (non-hydrogen) atoms. The van der Waals surface area contributed by atoms with Gasteiger partial charge < -0.3 is 4.90 Å². The van der Waals surface area contributed by atoms with Crippen LogP contribution >= 0.6 is 12.4 Å². The van der Waals surface area contributed by atoms with Gasteiger partial charge in [-0.2, -0.15) is 0 Å². The maximum absolute atomic E-state index is 13.1. The Hall–Kier alpha value is -1.20. The monoisotopic (exact) mass is 302 g/mol. The molecule has 1 N–H and O–H groups in total. The Labute approximate surface area is 122 Å². The van der Waals surface area contributed by atoms with Crippen molar-refractivity contribution in [3.8, 4) is 0 Å². The van der Waals surface area contributed by atoms with E-state index in [2.05, 4.69) is 11.4 Å². The molecule has 1 unspecified atom stereocenters. The van der Waals surface area contributed by atoms with E-state index in [1.165, 1.54) is 5.56 Å². The van der Waals surface area contributed by atoms with E-state index in [1.54, 1.807) is 4.90 Å². The van der Waals surface area contributed by atoms with Crippen molar-refractivity contribution in [2.75, 3.05) is 13.1 Å². The van der Waals surface area contributed by atoms with Crippen LogP contribution in [0, 0.1) is 0 Å². The minimum atomic E-state index is -2.76. The van der Waals surface area contributed by atoms with Crippen LogP contribution in [0.5, 0.6) is 0 Å². The van der Waals surface area contributed by atoms with E-state index >= 15 is 0 Å². The number of nitrogens with one attached hydrogen (secondary N) is 1. The molecule has 2 heterocycles. The number of hydrogen-bond donors (Lipinski definition) is 1. The van der Waals surface area contributed by atoms with Crippen molar-refractivity contribution in [2.24, 2.45) is 0 Å². The highest BCUT2D eigenvalue weighted by molar-refractivity contribution is 5.85. The van der Waals surface area contributed by atoms with Gasteiger partial charge in [0.25, 0.3) is 5.92 Å². The summed E-state index contributed by atoms with van der Waals surface area (Å²) in [6.07, 6.45) is 0.412. The molecular weight excluding hydrogens is 286 g/mol. The van der Waals surface area contributed by atoms with Crippen molar-refractivity contribution in [1.29, 1.82) is 0 Å². The summed E-state index contributed by atoms with van der Waals surface area (Å²) < 4.78 is 26.3. The van der Waals surface area contributed by atoms with Gasteiger partial charge in [-0.3, -0.25) is 10.1 Å². The van der Waals surface area contributed by atoms with Crippen molar-refractivity contribution in [2.45, 2.75) is 31.4 Å². The predicted octanol–water partition coefficient (Wildman–Crippen LogP) is 1.99. The van der Waals surface area contributed by atoms with Gasteiger partial charge in [-0.05, 0) is 17.5 Å². The molecule has 110 valence electrons. The van der Waals surface area contributed by atoms with Crippen molar-refractivity contribution in [1.82, 2.24) is 10.2 Å². The number of nitrogens with zero attached hydrogens (tertiary/aromatic N) is 1. The van der Waals surface area contributed by atoms with E-state index in [-0.39, 0.29) is 24.7 Å². The third-order valence-electron chi connectivity index (χ3n) is 3.85. The van der Waals surface area contributed by atoms with Crippen LogP contribution in [-0.2, 0) is 17.8 Å². The number of halogens is 3. The van der Waals surface area contributed by atoms with Crippen LogP contribution < -0.4 is 5.32 Å². The Kier molecular flexibility index (Phi) is 4.30. The highest BCUT2D eigenvalue weighted by atomic mass is 35.5. The van der Waals surface area contributed by atoms with Gasteiger partial charge >= 0.3 is 0 Å². The molecule has 3 rings (SSSR count). The Morgan fingerprint density at radius 1 is 1.30 bits per heavy atom. The molecule has 0 aliphatic carbocycles. The molecule has 3 nitrogen and oxygen atoms in total. The quantitative estimate of drug-likeness (QED) is 0.860. The molecule has 1 aromatic rings. The Morgan fingerprint density at radius 3 is 2.65 bits per heavy atom. The van der Waals surface area contributed by atoms with Crippen LogP contribution in [0.2, 0.25) is 0 Å². The summed E-state index contributed by atoms with van der Waals surface area (Å²) in [5.41, 5.74) is 2.36. The van der Waals surface area contributed by atoms with Crippen LogP contribution in [0.25, 0.3) is 0 Å². The summed E-state index contributed by atoms with van der Waals surface area (Å²) in [5.74, 6) is -2.96. The third kappa shape index (κ3) is 2.94. The highest BCUT2D eigenvalue weighted by Gasteiger charge is 2.43. The first-order chi connectivity index (χ1) is 9.05. The van der Waals surface area contributed by atoms with Gasteiger partial charge in [0.1, 0.15) is 0 Å². The smallest absolute Gasteiger partial charge is 0.262 e. The average Bonchev–Trinajstić information content (AvgIpc) is 2.78. The average molecular weight is 303 g/mol. The molecule has 2 aliphatic rings. The van der Waals surface area contributed by atoms with E-state index in [0.717, 1.165) is 12.0 Å². The van der Waals surface area contributed by atoms with Crippen molar-refractivity contribution >= 4 is 18.3 Å². The SMILES string of the molecule is Cl.O=C(C1CC(F)(F)CN1)N1CCc2ccccc2C1. The second kappa shape index (κ2) is 5.66. The highest BCUT2D eigenvalue weighted by Crippen LogP contribution is 2.27. The van der Waals surface area contributed by atoms with E-state index in [4.69, 9.17) is 0 Å². The summed E-state index contributed by atoms with van der Waals surface area (Å²) in [5, 5.41) is 2.63. The third-order valence-corrected chi connectivity index (χ3v) is 3.85. The van der Waals surface area contributed by atoms with E-state index < -0.39 is 18.5 Å². The van der Waals surface area contributed by atoms with Crippen LogP contribution in [0.3, 0.4) is 0 Å². The first kappa shape index (κ1) is 15.2. The van der Waals surface area contributed by atoms with Crippen LogP contribution in [-0.4, -0.2) is 35.9 Å². The molecule has 0 spiro atoms. The van der Waals surface area contributed by atoms with Crippen molar-refractivity contribution in [3.05, 3.63) is 35.4 Å². The zero-order chi connectivity index (χ0) is 13.5. The predicted molar refractivity (Wildman–Crippen MR) is 74.2 cm³/mol. The molecule has 0 bridgehead atoms. The molecule has 1 amide bonds. The maximum Gasteiger partial charge on any atom is 0.262 e. The van der Waals surface area contributed by atoms with Crippen molar-refractivity contribution < 1.29 is 13.6 Å². The Bertz CT molecular complexity index is 510. The summed E-state index contributed by atoms with van der Waals surface area (Å²) in [4.78, 5) is 13.9. The molecule has 0 saturated carbocycles. The molecule has 1 fully saturated rings. The first-order valence-corrected chi connectivity index (χ1v) is 6.52. The van der Waals surface area contributed by atoms with Crippen LogP contribution in [0.4, 0.5) is 8.78 Å². The maximum atomic E-state index is 13.1. The minimum Gasteiger partial charge on any atom is -0.337 e. The number of hydrogen-bond acceptors (Lipinski definition) is 2. The van der Waals surface area contributed by atoms with Gasteiger partial charge in [0.05, 0.1) is 12.6 Å². The lowest BCUT2D eigenvalue weighted by Gasteiger charge is -2.30. The zero-order valence-corrected chi connectivity index (χ0v) is 11.8. The van der Waals surface area contributed by atoms with E-state index in [9.17, 15) is 13.6 Å². The normalized spacial score (nSPS) is 23.9. The molecule has 1 atom stereocenters. The standard InChI is InChI=1S/C14H16F2N2O.ClH/c15-14(16)7-12(17-9-14)13(19)18-6-5-10-3-1-2-4-11(10)8-18;/h1-4,12,17H,5-9H2;1H. The molecule has 0 aromatic heterocycles. The fourth-order valence-electron chi connectivity index (χ4n) is 2.79. The fourth-order valence-corrected chi connectivity index (χ4v) is 2.79. The number of amides is 1. The van der Waals surface area contributed by atoms with Crippen LogP contribution in [0.1, 0.15) is 17.5 Å². The Morgan fingerprint density at radius 2 is 2.00 bits per heavy atom. The van der Waals surface area contributed by atoms with Gasteiger partial charge in [-0.1, -0.05) is 24.3 Å². The van der Waals surface area contributed by atoms with Crippen LogP contribution in [0.15, 0.2) is 24.3 Å². The lowest BCUT2D eigenvalue weighted by molar-refractivity contribution is -0.134. The summed E-state index contributed by atoms with van der Waals surface area (Å²) in [6.45, 7) is 0.742. The molecule has 0 radical (unpaired) electrons. The van der Waals surface area contributed by atoms with Crippen molar-refractivity contribution in [3.63, 3.8) is 0 Å². The van der Waals surface area contributed by atoms with E-state index in [1.807, 2.05) is 18.2 Å². The van der Waals surface area contributed by atoms with Gasteiger partial charge in [0.15, 0.2) is 0 Å². The molecule has 1 aromatic carbocycles. The second-order valence-corrected chi connectivity index (χ2v) is 5.27. The van der Waals surface area contributed by atoms with Gasteiger partial charge in [0.2, 0.25) is 5.91 Å². The molecular formula is C14H17ClF2N2O. The summed E-state index contributed by atoms with van der Waals surface area (Å²) >= 11 is 0. The summed E-state index contributed by atoms with van der Waals surface area (Å²) in [6, 6.07) is 7.23. The lowest BCUT2D eigenvalue weighted by Crippen LogP contribution is -2.45. The molecule has 6 heteroatoms. The van der Waals surface area contributed by atoms with Gasteiger partial charge in [-0.15, -0.1) is 12.4 Å². The molecule has 1 saturated heterocycles. The Balaban J connectivity index is 0.00000147. The number of alkyl halides is 2. The minimum absolute atomic E-state index is 0. The number of rotatable bonds is 1. The lowest BCUT2D eigenvalue weighted by atomic mass is 9.99.